The molecular formula is C24H45ClNiP2-. The summed E-state index contributed by atoms with van der Waals surface area (Å²) in [5.74, 6) is 0. The Labute approximate surface area is 192 Å². The summed E-state index contributed by atoms with van der Waals surface area (Å²) in [4.78, 5) is 0. The van der Waals surface area contributed by atoms with Crippen LogP contribution in [0, 0.1) is 6.07 Å². The normalized spacial score (nSPS) is 9.46. The summed E-state index contributed by atoms with van der Waals surface area (Å²) in [6.45, 7) is 18.0. The quantitative estimate of drug-likeness (QED) is 0.140. The fourth-order valence-electron chi connectivity index (χ4n) is 2.44. The summed E-state index contributed by atoms with van der Waals surface area (Å²) in [5.41, 5.74) is 2.70. The third kappa shape index (κ3) is 24.6. The van der Waals surface area contributed by atoms with Gasteiger partial charge in [0.25, 0.3) is 0 Å². The monoisotopic (exact) mass is 488 g/mol. The summed E-state index contributed by atoms with van der Waals surface area (Å²) in [5, 5.41) is 0. The van der Waals surface area contributed by atoms with Crippen LogP contribution in [0.25, 0.3) is 0 Å². The van der Waals surface area contributed by atoms with Crippen LogP contribution in [-0.2, 0) is 21.0 Å². The van der Waals surface area contributed by atoms with Gasteiger partial charge in [0.2, 0.25) is 0 Å². The molecule has 0 heterocycles. The molecule has 0 aliphatic heterocycles. The van der Waals surface area contributed by atoms with E-state index in [9.17, 15) is 0 Å². The van der Waals surface area contributed by atoms with Crippen molar-refractivity contribution in [3.63, 3.8) is 0 Å². The van der Waals surface area contributed by atoms with E-state index in [1.165, 1.54) is 48.1 Å². The number of aryl methyl sites for hydroxylation is 1. The van der Waals surface area contributed by atoms with Gasteiger partial charge in [-0.3, -0.25) is 0 Å². The van der Waals surface area contributed by atoms with Gasteiger partial charge in [-0.15, -0.1) is 15.8 Å². The van der Waals surface area contributed by atoms with E-state index in [4.69, 9.17) is 0 Å². The van der Waals surface area contributed by atoms with E-state index < -0.39 is 0 Å². The van der Waals surface area contributed by atoms with Gasteiger partial charge in [0.05, 0.1) is 0 Å². The average Bonchev–Trinajstić information content (AvgIpc) is 2.74. The molecule has 0 aliphatic carbocycles. The summed E-state index contributed by atoms with van der Waals surface area (Å²) >= 11 is 3.35. The minimum absolute atomic E-state index is 0.446. The number of hydrogen-bond acceptors (Lipinski definition) is 0. The van der Waals surface area contributed by atoms with Gasteiger partial charge in [0.1, 0.15) is 0 Å². The Balaban J connectivity index is -0.000000340. The molecule has 0 unspecified atom stereocenters. The third-order valence-electron chi connectivity index (χ3n) is 4.42. The number of rotatable bonds is 9. The second kappa shape index (κ2) is 27.6. The molecule has 0 amide bonds. The molecule has 0 aromatic heterocycles. The molecule has 1 aromatic carbocycles. The third-order valence-corrected chi connectivity index (χ3v) is 9.79. The molecule has 0 saturated heterocycles. The van der Waals surface area contributed by atoms with Crippen molar-refractivity contribution in [2.45, 2.75) is 68.2 Å². The van der Waals surface area contributed by atoms with Gasteiger partial charge in [-0.25, -0.2) is 0 Å². The molecule has 1 rings (SSSR count). The van der Waals surface area contributed by atoms with Crippen molar-refractivity contribution in [3.8, 4) is 0 Å². The second-order valence-electron chi connectivity index (χ2n) is 6.45. The predicted octanol–water partition coefficient (Wildman–Crippen LogP) is 9.13. The van der Waals surface area contributed by atoms with Crippen molar-refractivity contribution in [2.24, 2.45) is 0 Å². The summed E-state index contributed by atoms with van der Waals surface area (Å²) in [6.07, 6.45) is 13.0. The summed E-state index contributed by atoms with van der Waals surface area (Å²) < 4.78 is 0. The van der Waals surface area contributed by atoms with E-state index in [0.717, 1.165) is 12.8 Å². The number of benzene rings is 1. The second-order valence-corrected chi connectivity index (χ2v) is 12.9. The first-order valence-corrected chi connectivity index (χ1v) is 15.8. The van der Waals surface area contributed by atoms with Crippen LogP contribution in [0.15, 0.2) is 35.9 Å². The van der Waals surface area contributed by atoms with Crippen molar-refractivity contribution in [2.75, 3.05) is 37.0 Å². The first kappa shape index (κ1) is 33.2. The van der Waals surface area contributed by atoms with E-state index in [2.05, 4.69) is 104 Å². The molecule has 0 saturated carbocycles. The van der Waals surface area contributed by atoms with Gasteiger partial charge in [0, 0.05) is 0 Å². The number of halogens is 1. The van der Waals surface area contributed by atoms with E-state index in [0.29, 0.717) is 15.8 Å². The molecule has 0 N–H and O–H groups in total. The zero-order chi connectivity index (χ0) is 22.2. The van der Waals surface area contributed by atoms with Crippen LogP contribution in [0.4, 0.5) is 0 Å². The van der Waals surface area contributed by atoms with Gasteiger partial charge >= 0.3 is 24.8 Å². The Kier molecular flexibility index (Phi) is 32.8. The summed E-state index contributed by atoms with van der Waals surface area (Å²) in [7, 11) is 5.16. The van der Waals surface area contributed by atoms with Gasteiger partial charge < -0.3 is 0 Å². The molecule has 0 bridgehead atoms. The van der Waals surface area contributed by atoms with Gasteiger partial charge in [-0.05, 0) is 63.7 Å². The molecular weight excluding hydrogens is 444 g/mol. The fourth-order valence-corrected chi connectivity index (χ4v) is 5.13. The molecule has 0 radical (unpaired) electrons. The van der Waals surface area contributed by atoms with Crippen molar-refractivity contribution in [3.05, 3.63) is 47.5 Å². The van der Waals surface area contributed by atoms with Crippen LogP contribution in [0.2, 0.25) is 0 Å². The molecule has 0 aliphatic rings. The van der Waals surface area contributed by atoms with E-state index in [1.54, 1.807) is 0 Å². The Morgan fingerprint density at radius 3 is 1.54 bits per heavy atom. The fraction of sp³-hybridized carbons (Fsp3) is 0.667. The van der Waals surface area contributed by atoms with E-state index in [1.807, 2.05) is 12.1 Å². The van der Waals surface area contributed by atoms with Crippen LogP contribution >= 0.6 is 26.0 Å². The first-order valence-electron chi connectivity index (χ1n) is 10.6. The van der Waals surface area contributed by atoms with Crippen molar-refractivity contribution in [1.29, 1.82) is 0 Å². The number of hydrogen-bond donors (Lipinski definition) is 0. The van der Waals surface area contributed by atoms with Crippen molar-refractivity contribution >= 4 is 26.0 Å². The molecule has 28 heavy (non-hydrogen) atoms. The topological polar surface area (TPSA) is 0 Å². The molecule has 4 heteroatoms. The zero-order valence-electron chi connectivity index (χ0n) is 19.6. The van der Waals surface area contributed by atoms with Gasteiger partial charge in [0.15, 0.2) is 0 Å². The van der Waals surface area contributed by atoms with Gasteiger partial charge in [-0.1, -0.05) is 53.2 Å². The maximum atomic E-state index is 4.26. The minimum atomic E-state index is 0.446. The Bertz CT molecular complexity index is 389. The predicted molar refractivity (Wildman–Crippen MR) is 136 cm³/mol. The first-order chi connectivity index (χ1) is 13.5. The average molecular weight is 490 g/mol. The molecule has 169 valence electrons. The molecule has 0 atom stereocenters. The van der Waals surface area contributed by atoms with Gasteiger partial charge in [-0.2, -0.15) is 35.9 Å². The molecule has 1 aromatic rings. The molecule has 0 spiro atoms. The van der Waals surface area contributed by atoms with E-state index in [-0.39, 0.29) is 0 Å². The summed E-state index contributed by atoms with van der Waals surface area (Å²) in [6, 6.07) is 11.4. The Morgan fingerprint density at radius 1 is 0.857 bits per heavy atom. The number of allylic oxidation sites excluding steroid dienone is 2. The van der Waals surface area contributed by atoms with Crippen LogP contribution in [-0.4, -0.2) is 37.0 Å². The van der Waals surface area contributed by atoms with Crippen molar-refractivity contribution < 1.29 is 14.6 Å². The van der Waals surface area contributed by atoms with Crippen molar-refractivity contribution in [1.82, 2.24) is 0 Å². The Hall–Kier alpha value is 0.604. The molecule has 0 fully saturated rings. The van der Waals surface area contributed by atoms with Crippen LogP contribution in [0.5, 0.6) is 0 Å². The standard InChI is InChI=1S/C12H15.2C6H15P.ClH.Ni/c1-11(2)7-6-10-12-8-4-3-5-9-12;2*1-4-7(5-2)6-3;;/h3-5,7-8H,6,10H2,1-2H3;2*4-6H2,1-3H3;1H;/q-1;;;;+1/p-1. The van der Waals surface area contributed by atoms with E-state index >= 15 is 0 Å². The van der Waals surface area contributed by atoms with Crippen LogP contribution in [0.3, 0.4) is 0 Å². The zero-order valence-corrected chi connectivity index (χ0v) is 23.2. The van der Waals surface area contributed by atoms with Crippen LogP contribution in [0.1, 0.15) is 67.4 Å². The van der Waals surface area contributed by atoms with Crippen LogP contribution < -0.4 is 0 Å². The SMILES string of the molecule is CC(C)=CCCc1[c-]cccc1.CCP(CC)CC.CCP(CC)CC.[Cl][Ni]. The molecule has 0 nitrogen and oxygen atoms in total. The Morgan fingerprint density at radius 2 is 1.29 bits per heavy atom. The maximum absolute atomic E-state index is 4.26.